The summed E-state index contributed by atoms with van der Waals surface area (Å²) < 4.78 is 10.3. The summed E-state index contributed by atoms with van der Waals surface area (Å²) in [6, 6.07) is 104. The second-order valence-corrected chi connectivity index (χ2v) is 28.1. The summed E-state index contributed by atoms with van der Waals surface area (Å²) in [6.45, 7) is 11.9. The van der Waals surface area contributed by atoms with Crippen LogP contribution in [0.5, 0.6) is 0 Å². The number of para-hydroxylation sites is 8. The minimum absolute atomic E-state index is 0.554. The van der Waals surface area contributed by atoms with Crippen molar-refractivity contribution in [3.8, 4) is 90.8 Å². The summed E-state index contributed by atoms with van der Waals surface area (Å²) in [5, 5.41) is 9.27. The average Bonchev–Trinajstić information content (AvgIpc) is 1.64. The highest BCUT2D eigenvalue weighted by molar-refractivity contribution is 6.18. The summed E-state index contributed by atoms with van der Waals surface area (Å²) in [5.74, 6) is 3.52. The Bertz CT molecular complexity index is 6600. The maximum absolute atomic E-state index is 5.79. The number of nitrogens with zero attached hydrogens (tertiary/aromatic N) is 10. The predicted molar refractivity (Wildman–Crippen MR) is 412 cm³/mol. The fourth-order valence-electron chi connectivity index (χ4n) is 17.6. The summed E-state index contributed by atoms with van der Waals surface area (Å²) in [4.78, 5) is 33.3. The first kappa shape index (κ1) is 57.2. The van der Waals surface area contributed by atoms with Crippen LogP contribution in [0.15, 0.2) is 285 Å². The number of aromatic nitrogens is 10. The van der Waals surface area contributed by atoms with Crippen molar-refractivity contribution in [2.24, 2.45) is 0 Å². The van der Waals surface area contributed by atoms with Crippen LogP contribution in [0.25, 0.3) is 178 Å². The Balaban J connectivity index is 1.06. The number of hydrogen-bond donors (Lipinski definition) is 0. The molecule has 0 aliphatic carbocycles. The Morgan fingerprint density at radius 2 is 0.525 bits per heavy atom. The number of benzene rings is 13. The molecule has 10 heteroatoms. The summed E-state index contributed by atoms with van der Waals surface area (Å²) in [6.07, 6.45) is 0. The van der Waals surface area contributed by atoms with Crippen LogP contribution >= 0.6 is 0 Å². The van der Waals surface area contributed by atoms with Gasteiger partial charge < -0.3 is 18.3 Å². The molecule has 0 fully saturated rings. The van der Waals surface area contributed by atoms with Crippen molar-refractivity contribution < 1.29 is 0 Å². The van der Waals surface area contributed by atoms with Gasteiger partial charge in [-0.3, -0.25) is 0 Å². The largest absolute Gasteiger partial charge is 0.309 e. The van der Waals surface area contributed by atoms with Gasteiger partial charge in [0, 0.05) is 92.9 Å². The highest BCUT2D eigenvalue weighted by atomic mass is 15.1. The molecule has 8 heterocycles. The Hall–Kier alpha value is -12.9. The molecule has 19 aromatic rings. The predicted octanol–water partition coefficient (Wildman–Crippen LogP) is 22.0. The van der Waals surface area contributed by atoms with Crippen molar-refractivity contribution in [2.75, 3.05) is 0 Å². The molecule has 0 N–H and O–H groups in total. The van der Waals surface area contributed by atoms with Crippen LogP contribution in [0.3, 0.4) is 0 Å². The quantitative estimate of drug-likeness (QED) is 0.150. The van der Waals surface area contributed by atoms with Gasteiger partial charge in [0.05, 0.1) is 66.9 Å². The van der Waals surface area contributed by atoms with Crippen molar-refractivity contribution in [3.63, 3.8) is 0 Å². The highest BCUT2D eigenvalue weighted by Crippen LogP contribution is 2.61. The fraction of sp³-hybridized carbons (Fsp3) is 0.0769. The standard InChI is InChI=1S/C91H62N10/c1-53-92-85(54-29-9-6-10-30-54)95-88(93-53)65-51-75(98-69-45-21-15-35-57(69)58-36-16-22-46-70(58)98)77(79-83(65)100-73-49-25-19-39-61(73)63-41-27-43-67(81(63)100)90(79,2)3)78-76(99-71-47-23-17-37-59(71)60-38-18-24-48-72(60)99)52-66(89-96-86(55-31-11-7-12-32-55)94-87(97-89)56-33-13-8-14-34-56)84-80(78)91(4,5)68-44-28-42-64-62-40-20-26-50-74(62)101(84)82(64)68/h6-52H,1-5H3. The SMILES string of the molecule is Cc1nc(-c2ccccc2)nc(-c2cc(-n3c4ccccc4c4ccccc43)c(-c3c(-n4c5ccccc5c5ccccc54)cc(-c4nc(-c5ccccc5)nc(-c5ccccc5)n4)c4c3C(C)(C)c3cccc5c6ccccc6n-4c35)c3c2-n2c4ccccc4c4cccc(c42)C3(C)C)n1. The first-order valence-corrected chi connectivity index (χ1v) is 34.7. The van der Waals surface area contributed by atoms with Crippen LogP contribution in [0, 0.1) is 6.92 Å². The lowest BCUT2D eigenvalue weighted by atomic mass is 9.66. The normalized spacial score (nSPS) is 13.6. The molecule has 10 nitrogen and oxygen atoms in total. The van der Waals surface area contributed by atoms with E-state index in [9.17, 15) is 0 Å². The molecule has 21 rings (SSSR count). The molecule has 6 aromatic heterocycles. The van der Waals surface area contributed by atoms with Crippen molar-refractivity contribution in [3.05, 3.63) is 313 Å². The first-order valence-electron chi connectivity index (χ1n) is 34.7. The molecule has 101 heavy (non-hydrogen) atoms. The maximum atomic E-state index is 5.79. The lowest BCUT2D eigenvalue weighted by Gasteiger charge is -2.42. The summed E-state index contributed by atoms with van der Waals surface area (Å²) >= 11 is 0. The van der Waals surface area contributed by atoms with Gasteiger partial charge in [-0.2, -0.15) is 0 Å². The van der Waals surface area contributed by atoms with Crippen molar-refractivity contribution in [2.45, 2.75) is 45.4 Å². The molecule has 0 radical (unpaired) electrons. The van der Waals surface area contributed by atoms with E-state index >= 15 is 0 Å². The molecule has 0 spiro atoms. The Kier molecular flexibility index (Phi) is 11.9. The van der Waals surface area contributed by atoms with Crippen molar-refractivity contribution >= 4 is 87.2 Å². The molecule has 2 aliphatic rings. The molecule has 0 amide bonds. The van der Waals surface area contributed by atoms with E-state index < -0.39 is 10.8 Å². The zero-order chi connectivity index (χ0) is 67.1. The van der Waals surface area contributed by atoms with E-state index in [1.54, 1.807) is 0 Å². The van der Waals surface area contributed by atoms with E-state index in [1.807, 2.05) is 25.1 Å². The minimum atomic E-state index is -0.778. The van der Waals surface area contributed by atoms with Gasteiger partial charge in [-0.1, -0.05) is 264 Å². The van der Waals surface area contributed by atoms with Crippen LogP contribution in [-0.4, -0.2) is 48.2 Å². The molecule has 0 bridgehead atoms. The maximum Gasteiger partial charge on any atom is 0.166 e. The molecule has 476 valence electrons. The van der Waals surface area contributed by atoms with Gasteiger partial charge in [0.2, 0.25) is 0 Å². The van der Waals surface area contributed by atoms with Crippen molar-refractivity contribution in [1.82, 2.24) is 48.2 Å². The minimum Gasteiger partial charge on any atom is -0.309 e. The smallest absolute Gasteiger partial charge is 0.166 e. The second kappa shape index (κ2) is 21.0. The molecular weight excluding hydrogens is 1230 g/mol. The molecular formula is C91H62N10. The number of fused-ring (bicyclic) bond motifs is 16. The van der Waals surface area contributed by atoms with Gasteiger partial charge >= 0.3 is 0 Å². The zero-order valence-electron chi connectivity index (χ0n) is 56.1. The topological polar surface area (TPSA) is 97.1 Å². The van der Waals surface area contributed by atoms with Crippen LogP contribution in [0.2, 0.25) is 0 Å². The lowest BCUT2D eigenvalue weighted by molar-refractivity contribution is 0.623. The number of rotatable bonds is 8. The van der Waals surface area contributed by atoms with E-state index in [0.717, 1.165) is 144 Å². The third-order valence-electron chi connectivity index (χ3n) is 21.8. The molecule has 0 saturated heterocycles. The van der Waals surface area contributed by atoms with Gasteiger partial charge in [-0.05, 0) is 77.7 Å². The van der Waals surface area contributed by atoms with E-state index in [4.69, 9.17) is 29.9 Å². The van der Waals surface area contributed by atoms with Gasteiger partial charge in [0.25, 0.3) is 0 Å². The third-order valence-corrected chi connectivity index (χ3v) is 21.8. The summed E-state index contributed by atoms with van der Waals surface area (Å²) in [5.41, 5.74) is 22.4. The average molecular weight is 1300 g/mol. The monoisotopic (exact) mass is 1290 g/mol. The number of aryl methyl sites for hydroxylation is 1. The van der Waals surface area contributed by atoms with Gasteiger partial charge in [-0.25, -0.2) is 29.9 Å². The summed E-state index contributed by atoms with van der Waals surface area (Å²) in [7, 11) is 0. The molecule has 0 saturated carbocycles. The molecule has 0 unspecified atom stereocenters. The van der Waals surface area contributed by atoms with Crippen molar-refractivity contribution in [1.29, 1.82) is 0 Å². The van der Waals surface area contributed by atoms with Gasteiger partial charge in [-0.15, -0.1) is 0 Å². The molecule has 2 aliphatic heterocycles. The van der Waals surface area contributed by atoms with E-state index in [2.05, 4.69) is 313 Å². The fourth-order valence-corrected chi connectivity index (χ4v) is 17.6. The van der Waals surface area contributed by atoms with Crippen LogP contribution in [0.1, 0.15) is 55.8 Å². The first-order chi connectivity index (χ1) is 49.6. The van der Waals surface area contributed by atoms with E-state index in [-0.39, 0.29) is 0 Å². The third kappa shape index (κ3) is 7.98. The lowest BCUT2D eigenvalue weighted by Crippen LogP contribution is -2.31. The van der Waals surface area contributed by atoms with Gasteiger partial charge in [0.15, 0.2) is 29.1 Å². The van der Waals surface area contributed by atoms with Crippen LogP contribution in [-0.2, 0) is 10.8 Å². The molecule has 13 aromatic carbocycles. The highest BCUT2D eigenvalue weighted by Gasteiger charge is 2.47. The Morgan fingerprint density at radius 3 is 0.881 bits per heavy atom. The van der Waals surface area contributed by atoms with E-state index in [0.29, 0.717) is 34.9 Å². The van der Waals surface area contributed by atoms with E-state index in [1.165, 1.54) is 27.3 Å². The molecule has 0 atom stereocenters. The second-order valence-electron chi connectivity index (χ2n) is 28.1. The Morgan fingerprint density at radius 1 is 0.257 bits per heavy atom. The zero-order valence-corrected chi connectivity index (χ0v) is 56.1. The number of hydrogen-bond acceptors (Lipinski definition) is 6. The van der Waals surface area contributed by atoms with Gasteiger partial charge in [0.1, 0.15) is 5.82 Å². The van der Waals surface area contributed by atoms with Crippen LogP contribution < -0.4 is 0 Å². The van der Waals surface area contributed by atoms with Crippen LogP contribution in [0.4, 0.5) is 0 Å². The Labute approximate surface area is 581 Å².